The number of hydrogen-bond donors (Lipinski definition) is 3. The minimum atomic E-state index is 0.138. The summed E-state index contributed by atoms with van der Waals surface area (Å²) in [4.78, 5) is 5.14. The first kappa shape index (κ1) is 11.5. The Hall–Kier alpha value is -1.94. The first-order chi connectivity index (χ1) is 8.22. The molecule has 0 aliphatic rings. The monoisotopic (exact) mass is 231 g/mol. The third kappa shape index (κ3) is 2.42. The van der Waals surface area contributed by atoms with Crippen molar-refractivity contribution >= 4 is 11.4 Å². The van der Waals surface area contributed by atoms with Crippen LogP contribution in [-0.2, 0) is 0 Å². The average molecular weight is 231 g/mol. The van der Waals surface area contributed by atoms with Crippen LogP contribution < -0.4 is 10.6 Å². The molecule has 0 atom stereocenters. The van der Waals surface area contributed by atoms with Gasteiger partial charge in [-0.2, -0.15) is 0 Å². The van der Waals surface area contributed by atoms with Crippen LogP contribution in [0.4, 0.5) is 11.4 Å². The van der Waals surface area contributed by atoms with Crippen LogP contribution in [-0.4, -0.2) is 30.3 Å². The Kier molecular flexibility index (Phi) is 3.35. The number of benzene rings is 1. The summed E-state index contributed by atoms with van der Waals surface area (Å²) in [6.45, 7) is 0.743. The Bertz CT molecular complexity index is 479. The number of likely N-dealkylation sites (N-methyl/N-ethyl adjacent to an activating group) is 1. The van der Waals surface area contributed by atoms with Gasteiger partial charge in [-0.25, -0.2) is 0 Å². The number of hydrogen-bond acceptors (Lipinski definition) is 3. The van der Waals surface area contributed by atoms with E-state index >= 15 is 0 Å². The van der Waals surface area contributed by atoms with Crippen molar-refractivity contribution in [3.05, 3.63) is 36.5 Å². The topological polar surface area (TPSA) is 65.3 Å². The molecule has 0 bridgehead atoms. The predicted molar refractivity (Wildman–Crippen MR) is 71.0 cm³/mol. The van der Waals surface area contributed by atoms with E-state index in [1.165, 1.54) is 0 Å². The van der Waals surface area contributed by atoms with Crippen LogP contribution in [0, 0.1) is 0 Å². The molecule has 2 aromatic rings. The summed E-state index contributed by atoms with van der Waals surface area (Å²) < 4.78 is 0. The molecule has 0 unspecified atom stereocenters. The lowest BCUT2D eigenvalue weighted by atomic mass is 10.1. The maximum atomic E-state index is 8.93. The van der Waals surface area contributed by atoms with Crippen molar-refractivity contribution in [2.24, 2.45) is 0 Å². The van der Waals surface area contributed by atoms with Crippen molar-refractivity contribution in [3.63, 3.8) is 0 Å². The molecule has 1 aromatic carbocycles. The van der Waals surface area contributed by atoms with Crippen LogP contribution in [0.15, 0.2) is 36.5 Å². The zero-order chi connectivity index (χ0) is 12.3. The quantitative estimate of drug-likeness (QED) is 0.702. The summed E-state index contributed by atoms with van der Waals surface area (Å²) in [7, 11) is 1.94. The first-order valence-electron chi connectivity index (χ1n) is 5.57. The summed E-state index contributed by atoms with van der Waals surface area (Å²) in [6, 6.07) is 9.80. The molecule has 90 valence electrons. The van der Waals surface area contributed by atoms with Gasteiger partial charge < -0.3 is 20.7 Å². The highest BCUT2D eigenvalue weighted by Gasteiger charge is 2.07. The maximum Gasteiger partial charge on any atom is 0.0606 e. The lowest BCUT2D eigenvalue weighted by Gasteiger charge is -2.19. The normalized spacial score (nSPS) is 10.5. The Morgan fingerprint density at radius 3 is 2.82 bits per heavy atom. The summed E-state index contributed by atoms with van der Waals surface area (Å²) >= 11 is 0. The van der Waals surface area contributed by atoms with Gasteiger partial charge in [-0.1, -0.05) is 0 Å². The highest BCUT2D eigenvalue weighted by molar-refractivity contribution is 5.77. The van der Waals surface area contributed by atoms with Gasteiger partial charge in [-0.05, 0) is 30.3 Å². The van der Waals surface area contributed by atoms with E-state index in [1.807, 2.05) is 48.5 Å². The van der Waals surface area contributed by atoms with E-state index in [0.29, 0.717) is 6.54 Å². The van der Waals surface area contributed by atoms with Gasteiger partial charge in [0.1, 0.15) is 0 Å². The van der Waals surface area contributed by atoms with E-state index in [2.05, 4.69) is 4.98 Å². The van der Waals surface area contributed by atoms with Crippen LogP contribution >= 0.6 is 0 Å². The largest absolute Gasteiger partial charge is 0.398 e. The van der Waals surface area contributed by atoms with E-state index in [0.717, 1.165) is 22.6 Å². The molecule has 4 nitrogen and oxygen atoms in total. The number of aliphatic hydroxyl groups is 1. The average Bonchev–Trinajstić information content (AvgIpc) is 2.83. The Balaban J connectivity index is 2.36. The van der Waals surface area contributed by atoms with Gasteiger partial charge in [0.25, 0.3) is 0 Å². The number of nitrogens with zero attached hydrogens (tertiary/aromatic N) is 1. The van der Waals surface area contributed by atoms with Crippen LogP contribution in [0.1, 0.15) is 0 Å². The fraction of sp³-hybridized carbons (Fsp3) is 0.231. The van der Waals surface area contributed by atoms with Crippen molar-refractivity contribution in [1.82, 2.24) is 4.98 Å². The standard InChI is InChI=1S/C13H17N3O/c1-16(7-8-17)10-4-5-12(14)11(9-10)13-3-2-6-15-13/h2-6,9,15,17H,7-8,14H2,1H3. The smallest absolute Gasteiger partial charge is 0.0606 e. The third-order valence-corrected chi connectivity index (χ3v) is 2.80. The van der Waals surface area contributed by atoms with E-state index in [9.17, 15) is 0 Å². The van der Waals surface area contributed by atoms with Gasteiger partial charge in [0, 0.05) is 42.4 Å². The van der Waals surface area contributed by atoms with Crippen molar-refractivity contribution in [2.75, 3.05) is 30.8 Å². The third-order valence-electron chi connectivity index (χ3n) is 2.80. The molecular weight excluding hydrogens is 214 g/mol. The molecule has 4 heteroatoms. The number of rotatable bonds is 4. The molecule has 1 heterocycles. The molecule has 0 radical (unpaired) electrons. The van der Waals surface area contributed by atoms with Gasteiger partial charge in [-0.3, -0.25) is 0 Å². The number of H-pyrrole nitrogens is 1. The van der Waals surface area contributed by atoms with Crippen LogP contribution in [0.3, 0.4) is 0 Å². The van der Waals surface area contributed by atoms with Crippen molar-refractivity contribution in [3.8, 4) is 11.3 Å². The molecule has 0 saturated carbocycles. The lowest BCUT2D eigenvalue weighted by Crippen LogP contribution is -2.21. The van der Waals surface area contributed by atoms with Crippen LogP contribution in [0.2, 0.25) is 0 Å². The Labute approximate surface area is 101 Å². The summed E-state index contributed by atoms with van der Waals surface area (Å²) in [5.41, 5.74) is 9.74. The number of aromatic amines is 1. The van der Waals surface area contributed by atoms with E-state index in [4.69, 9.17) is 10.8 Å². The lowest BCUT2D eigenvalue weighted by molar-refractivity contribution is 0.304. The summed E-state index contributed by atoms with van der Waals surface area (Å²) in [6.07, 6.45) is 1.87. The Morgan fingerprint density at radius 1 is 1.35 bits per heavy atom. The van der Waals surface area contributed by atoms with Gasteiger partial charge in [0.05, 0.1) is 6.61 Å². The van der Waals surface area contributed by atoms with Crippen molar-refractivity contribution in [2.45, 2.75) is 0 Å². The van der Waals surface area contributed by atoms with Gasteiger partial charge in [0.15, 0.2) is 0 Å². The first-order valence-corrected chi connectivity index (χ1v) is 5.57. The van der Waals surface area contributed by atoms with Gasteiger partial charge in [-0.15, -0.1) is 0 Å². The number of anilines is 2. The zero-order valence-corrected chi connectivity index (χ0v) is 9.85. The SMILES string of the molecule is CN(CCO)c1ccc(N)c(-c2ccc[nH]2)c1. The van der Waals surface area contributed by atoms with Crippen LogP contribution in [0.5, 0.6) is 0 Å². The van der Waals surface area contributed by atoms with Gasteiger partial charge in [0.2, 0.25) is 0 Å². The van der Waals surface area contributed by atoms with Crippen LogP contribution in [0.25, 0.3) is 11.3 Å². The molecule has 0 saturated heterocycles. The fourth-order valence-electron chi connectivity index (χ4n) is 1.79. The number of aromatic nitrogens is 1. The molecule has 4 N–H and O–H groups in total. The molecule has 1 aromatic heterocycles. The minimum Gasteiger partial charge on any atom is -0.398 e. The second-order valence-corrected chi connectivity index (χ2v) is 4.00. The van der Waals surface area contributed by atoms with Gasteiger partial charge >= 0.3 is 0 Å². The molecule has 17 heavy (non-hydrogen) atoms. The number of aliphatic hydroxyl groups excluding tert-OH is 1. The number of nitrogens with two attached hydrogens (primary N) is 1. The highest BCUT2D eigenvalue weighted by atomic mass is 16.3. The zero-order valence-electron chi connectivity index (χ0n) is 9.85. The van der Waals surface area contributed by atoms with E-state index in [-0.39, 0.29) is 6.61 Å². The maximum absolute atomic E-state index is 8.93. The number of nitrogens with one attached hydrogen (secondary N) is 1. The summed E-state index contributed by atoms with van der Waals surface area (Å²) in [5.74, 6) is 0. The highest BCUT2D eigenvalue weighted by Crippen LogP contribution is 2.28. The molecule has 0 amide bonds. The predicted octanol–water partition coefficient (Wildman–Crippen LogP) is 1.69. The second kappa shape index (κ2) is 4.93. The van der Waals surface area contributed by atoms with E-state index < -0.39 is 0 Å². The van der Waals surface area contributed by atoms with E-state index in [1.54, 1.807) is 0 Å². The molecule has 0 aliphatic carbocycles. The number of nitrogen functional groups attached to an aromatic ring is 1. The molecule has 2 rings (SSSR count). The molecule has 0 spiro atoms. The molecular formula is C13H17N3O. The fourth-order valence-corrected chi connectivity index (χ4v) is 1.79. The molecule has 0 aliphatic heterocycles. The van der Waals surface area contributed by atoms with Crippen molar-refractivity contribution < 1.29 is 5.11 Å². The molecule has 0 fully saturated rings. The Morgan fingerprint density at radius 2 is 2.18 bits per heavy atom. The second-order valence-electron chi connectivity index (χ2n) is 4.00. The summed E-state index contributed by atoms with van der Waals surface area (Å²) in [5, 5.41) is 8.93. The minimum absolute atomic E-state index is 0.138. The van der Waals surface area contributed by atoms with Crippen molar-refractivity contribution in [1.29, 1.82) is 0 Å².